The third kappa shape index (κ3) is 2.34. The summed E-state index contributed by atoms with van der Waals surface area (Å²) in [6, 6.07) is 22.2. The normalized spacial score (nSPS) is 11.3. The molecule has 0 radical (unpaired) electrons. The number of benzene rings is 4. The van der Waals surface area contributed by atoms with E-state index in [0.717, 1.165) is 0 Å². The molecule has 118 valence electrons. The molecule has 0 aliphatic rings. The molecule has 0 heterocycles. The fourth-order valence-corrected chi connectivity index (χ4v) is 4.86. The topological polar surface area (TPSA) is 0 Å². The number of rotatable bonds is 1. The van der Waals surface area contributed by atoms with Crippen LogP contribution in [0.15, 0.2) is 60.7 Å². The van der Waals surface area contributed by atoms with Gasteiger partial charge in [-0.3, -0.25) is 0 Å². The Morgan fingerprint density at radius 1 is 0.583 bits per heavy atom. The Balaban J connectivity index is 2.28. The van der Waals surface area contributed by atoms with Gasteiger partial charge in [0, 0.05) is 3.57 Å². The number of hydrogen-bond acceptors (Lipinski definition) is 0. The third-order valence-electron chi connectivity index (χ3n) is 4.79. The van der Waals surface area contributed by atoms with Crippen LogP contribution in [0.5, 0.6) is 0 Å². The predicted molar refractivity (Wildman–Crippen MR) is 114 cm³/mol. The van der Waals surface area contributed by atoms with E-state index in [2.05, 4.69) is 104 Å². The first kappa shape index (κ1) is 15.6. The quantitative estimate of drug-likeness (QED) is 0.225. The van der Waals surface area contributed by atoms with Crippen LogP contribution >= 0.6 is 22.6 Å². The summed E-state index contributed by atoms with van der Waals surface area (Å²) in [5.41, 5.74) is 6.78. The number of hydrogen-bond donors (Lipinski definition) is 0. The van der Waals surface area contributed by atoms with Gasteiger partial charge >= 0.3 is 0 Å². The van der Waals surface area contributed by atoms with Gasteiger partial charge < -0.3 is 0 Å². The first-order valence-corrected chi connectivity index (χ1v) is 9.33. The lowest BCUT2D eigenvalue weighted by Gasteiger charge is -2.18. The summed E-state index contributed by atoms with van der Waals surface area (Å²) in [5, 5.41) is 5.36. The average Bonchev–Trinajstić information content (AvgIpc) is 2.57. The van der Waals surface area contributed by atoms with Crippen LogP contribution in [0.1, 0.15) is 16.7 Å². The zero-order valence-electron chi connectivity index (χ0n) is 14.2. The molecule has 0 aliphatic heterocycles. The average molecular weight is 422 g/mol. The Kier molecular flexibility index (Phi) is 3.84. The van der Waals surface area contributed by atoms with E-state index in [0.29, 0.717) is 0 Å². The first-order valence-electron chi connectivity index (χ1n) is 8.25. The SMILES string of the molecule is Cc1cc(C)c(-c2c3ccccc3c(I)c3ccccc23)c(C)c1. The zero-order chi connectivity index (χ0) is 16.8. The fourth-order valence-electron chi connectivity index (χ4n) is 3.92. The second-order valence-electron chi connectivity index (χ2n) is 6.55. The molecule has 4 aromatic rings. The molecule has 0 N–H and O–H groups in total. The zero-order valence-corrected chi connectivity index (χ0v) is 16.3. The Bertz CT molecular complexity index is 1010. The maximum Gasteiger partial charge on any atom is 0.0287 e. The molecular formula is C23H19I. The summed E-state index contributed by atoms with van der Waals surface area (Å²) in [4.78, 5) is 0. The molecule has 0 fully saturated rings. The van der Waals surface area contributed by atoms with Crippen molar-refractivity contribution in [2.45, 2.75) is 20.8 Å². The Hall–Kier alpha value is -1.87. The molecule has 0 aromatic heterocycles. The molecule has 0 amide bonds. The summed E-state index contributed by atoms with van der Waals surface area (Å²) in [6.07, 6.45) is 0. The second kappa shape index (κ2) is 5.89. The van der Waals surface area contributed by atoms with Crippen molar-refractivity contribution in [3.63, 3.8) is 0 Å². The molecule has 0 spiro atoms. The van der Waals surface area contributed by atoms with Crippen molar-refractivity contribution in [2.24, 2.45) is 0 Å². The minimum absolute atomic E-state index is 1.33. The molecular weight excluding hydrogens is 403 g/mol. The van der Waals surface area contributed by atoms with Crippen LogP contribution in [0.2, 0.25) is 0 Å². The van der Waals surface area contributed by atoms with Gasteiger partial charge in [-0.2, -0.15) is 0 Å². The van der Waals surface area contributed by atoms with E-state index >= 15 is 0 Å². The van der Waals surface area contributed by atoms with Gasteiger partial charge in [-0.05, 0) is 87.2 Å². The van der Waals surface area contributed by atoms with Gasteiger partial charge in [0.15, 0.2) is 0 Å². The van der Waals surface area contributed by atoms with Gasteiger partial charge in [0.2, 0.25) is 0 Å². The van der Waals surface area contributed by atoms with Crippen molar-refractivity contribution in [1.29, 1.82) is 0 Å². The van der Waals surface area contributed by atoms with Gasteiger partial charge in [-0.15, -0.1) is 0 Å². The van der Waals surface area contributed by atoms with E-state index < -0.39 is 0 Å². The van der Waals surface area contributed by atoms with E-state index in [4.69, 9.17) is 0 Å². The lowest BCUT2D eigenvalue weighted by Crippen LogP contribution is -1.94. The van der Waals surface area contributed by atoms with Crippen LogP contribution in [-0.2, 0) is 0 Å². The maximum absolute atomic E-state index is 2.50. The molecule has 4 rings (SSSR count). The van der Waals surface area contributed by atoms with Gasteiger partial charge in [0.25, 0.3) is 0 Å². The summed E-state index contributed by atoms with van der Waals surface area (Å²) >= 11 is 2.50. The molecule has 0 bridgehead atoms. The highest BCUT2D eigenvalue weighted by molar-refractivity contribution is 14.1. The molecule has 0 atom stereocenters. The molecule has 0 aliphatic carbocycles. The van der Waals surface area contributed by atoms with E-state index in [9.17, 15) is 0 Å². The molecule has 0 saturated carbocycles. The molecule has 0 unspecified atom stereocenters. The van der Waals surface area contributed by atoms with Crippen LogP contribution in [0.25, 0.3) is 32.7 Å². The van der Waals surface area contributed by atoms with E-state index in [-0.39, 0.29) is 0 Å². The minimum Gasteiger partial charge on any atom is -0.0616 e. The van der Waals surface area contributed by atoms with Crippen LogP contribution in [0.3, 0.4) is 0 Å². The van der Waals surface area contributed by atoms with Crippen molar-refractivity contribution in [2.75, 3.05) is 0 Å². The third-order valence-corrected chi connectivity index (χ3v) is 5.95. The monoisotopic (exact) mass is 422 g/mol. The van der Waals surface area contributed by atoms with Crippen molar-refractivity contribution < 1.29 is 0 Å². The summed E-state index contributed by atoms with van der Waals surface area (Å²) in [7, 11) is 0. The highest BCUT2D eigenvalue weighted by atomic mass is 127. The summed E-state index contributed by atoms with van der Waals surface area (Å²) in [6.45, 7) is 6.64. The van der Waals surface area contributed by atoms with Crippen molar-refractivity contribution in [3.05, 3.63) is 80.9 Å². The van der Waals surface area contributed by atoms with Gasteiger partial charge in [0.1, 0.15) is 0 Å². The minimum atomic E-state index is 1.33. The molecule has 0 saturated heterocycles. The highest BCUT2D eigenvalue weighted by Gasteiger charge is 2.16. The summed E-state index contributed by atoms with van der Waals surface area (Å²) in [5.74, 6) is 0. The predicted octanol–water partition coefficient (Wildman–Crippen LogP) is 7.19. The summed E-state index contributed by atoms with van der Waals surface area (Å²) < 4.78 is 1.34. The van der Waals surface area contributed by atoms with Gasteiger partial charge in [0.05, 0.1) is 0 Å². The van der Waals surface area contributed by atoms with E-state index in [1.807, 2.05) is 0 Å². The van der Waals surface area contributed by atoms with Gasteiger partial charge in [-0.1, -0.05) is 66.2 Å². The Morgan fingerprint density at radius 3 is 1.46 bits per heavy atom. The smallest absolute Gasteiger partial charge is 0.0287 e. The van der Waals surface area contributed by atoms with Gasteiger partial charge in [-0.25, -0.2) is 0 Å². The highest BCUT2D eigenvalue weighted by Crippen LogP contribution is 2.42. The fraction of sp³-hybridized carbons (Fsp3) is 0.130. The Labute approximate surface area is 156 Å². The number of fused-ring (bicyclic) bond motifs is 2. The van der Waals surface area contributed by atoms with Crippen molar-refractivity contribution >= 4 is 44.1 Å². The molecule has 4 aromatic carbocycles. The Morgan fingerprint density at radius 2 is 1.00 bits per heavy atom. The van der Waals surface area contributed by atoms with Crippen LogP contribution in [-0.4, -0.2) is 0 Å². The van der Waals surface area contributed by atoms with Crippen molar-refractivity contribution in [1.82, 2.24) is 0 Å². The standard InChI is InChI=1S/C23H19I/c1-14-12-15(2)21(16(3)13-14)22-17-8-4-6-10-19(17)23(24)20-11-7-5-9-18(20)22/h4-13H,1-3H3. The van der Waals surface area contributed by atoms with E-state index in [1.165, 1.54) is 52.9 Å². The largest absolute Gasteiger partial charge is 0.0616 e. The molecule has 1 heteroatoms. The van der Waals surface area contributed by atoms with Crippen LogP contribution in [0.4, 0.5) is 0 Å². The lowest BCUT2D eigenvalue weighted by atomic mass is 9.87. The molecule has 0 nitrogen and oxygen atoms in total. The van der Waals surface area contributed by atoms with Crippen LogP contribution in [0, 0.1) is 24.3 Å². The van der Waals surface area contributed by atoms with Crippen molar-refractivity contribution in [3.8, 4) is 11.1 Å². The first-order chi connectivity index (χ1) is 11.6. The van der Waals surface area contributed by atoms with E-state index in [1.54, 1.807) is 0 Å². The number of halogens is 1. The maximum atomic E-state index is 2.50. The molecule has 24 heavy (non-hydrogen) atoms. The number of aryl methyl sites for hydroxylation is 3. The second-order valence-corrected chi connectivity index (χ2v) is 7.63. The van der Waals surface area contributed by atoms with Crippen LogP contribution < -0.4 is 0 Å². The lowest BCUT2D eigenvalue weighted by molar-refractivity contribution is 1.33.